The molecule has 24 heavy (non-hydrogen) atoms. The van der Waals surface area contributed by atoms with Crippen LogP contribution in [0.3, 0.4) is 0 Å². The number of anilines is 1. The van der Waals surface area contributed by atoms with Crippen molar-refractivity contribution >= 4 is 38.4 Å². The van der Waals surface area contributed by atoms with Crippen LogP contribution in [0.4, 0.5) is 5.69 Å². The second-order valence-electron chi connectivity index (χ2n) is 6.24. The van der Waals surface area contributed by atoms with Gasteiger partial charge in [0, 0.05) is 17.5 Å². The molecule has 0 aliphatic carbocycles. The Labute approximate surface area is 145 Å². The monoisotopic (exact) mass is 366 g/mol. The van der Waals surface area contributed by atoms with E-state index in [1.165, 1.54) is 11.8 Å². The van der Waals surface area contributed by atoms with Crippen molar-refractivity contribution in [3.63, 3.8) is 0 Å². The Bertz CT molecular complexity index is 773. The van der Waals surface area contributed by atoms with Crippen molar-refractivity contribution < 1.29 is 17.9 Å². The zero-order chi connectivity index (χ0) is 16.7. The van der Waals surface area contributed by atoms with Gasteiger partial charge in [0.05, 0.1) is 17.5 Å². The van der Waals surface area contributed by atoms with Crippen LogP contribution < -0.4 is 4.90 Å². The van der Waals surface area contributed by atoms with Gasteiger partial charge in [0.15, 0.2) is 15.0 Å². The van der Waals surface area contributed by atoms with E-state index in [2.05, 4.69) is 4.99 Å². The SMILES string of the molecule is O=C(N=C1S[C@@H]2CS(=O)(=O)C[C@H]2N1c1ccccc1)[C@H]1CCCO1. The van der Waals surface area contributed by atoms with Gasteiger partial charge in [0.1, 0.15) is 6.10 Å². The molecule has 128 valence electrons. The first-order valence-electron chi connectivity index (χ1n) is 7.99. The summed E-state index contributed by atoms with van der Waals surface area (Å²) >= 11 is 1.39. The van der Waals surface area contributed by atoms with E-state index in [-0.39, 0.29) is 28.7 Å². The van der Waals surface area contributed by atoms with Crippen molar-refractivity contribution in [3.05, 3.63) is 30.3 Å². The van der Waals surface area contributed by atoms with Crippen LogP contribution in [-0.2, 0) is 19.4 Å². The molecule has 0 N–H and O–H groups in total. The number of fused-ring (bicyclic) bond motifs is 1. The first kappa shape index (κ1) is 16.1. The van der Waals surface area contributed by atoms with Gasteiger partial charge in [-0.2, -0.15) is 4.99 Å². The number of carbonyl (C=O) groups is 1. The fourth-order valence-corrected chi connectivity index (χ4v) is 7.31. The van der Waals surface area contributed by atoms with Gasteiger partial charge in [-0.25, -0.2) is 8.42 Å². The number of thioether (sulfide) groups is 1. The topological polar surface area (TPSA) is 76.0 Å². The van der Waals surface area contributed by atoms with Crippen molar-refractivity contribution in [2.24, 2.45) is 4.99 Å². The van der Waals surface area contributed by atoms with Crippen LogP contribution in [0.1, 0.15) is 12.8 Å². The van der Waals surface area contributed by atoms with Crippen LogP contribution in [0.15, 0.2) is 35.3 Å². The zero-order valence-corrected chi connectivity index (χ0v) is 14.6. The molecule has 3 fully saturated rings. The number of carbonyl (C=O) groups excluding carboxylic acids is 1. The molecule has 3 atom stereocenters. The molecule has 0 saturated carbocycles. The molecule has 8 heteroatoms. The molecular weight excluding hydrogens is 348 g/mol. The van der Waals surface area contributed by atoms with Gasteiger partial charge in [-0.05, 0) is 25.0 Å². The number of ether oxygens (including phenoxy) is 1. The van der Waals surface area contributed by atoms with Crippen LogP contribution in [0.5, 0.6) is 0 Å². The van der Waals surface area contributed by atoms with Crippen LogP contribution in [0.2, 0.25) is 0 Å². The van der Waals surface area contributed by atoms with Crippen molar-refractivity contribution in [1.29, 1.82) is 0 Å². The lowest BCUT2D eigenvalue weighted by Gasteiger charge is -2.24. The van der Waals surface area contributed by atoms with E-state index in [0.717, 1.165) is 12.1 Å². The lowest BCUT2D eigenvalue weighted by atomic mass is 10.2. The molecular formula is C16H18N2O4S2. The van der Waals surface area contributed by atoms with E-state index in [1.807, 2.05) is 35.2 Å². The highest BCUT2D eigenvalue weighted by Gasteiger charge is 2.49. The molecule has 3 heterocycles. The minimum Gasteiger partial charge on any atom is -0.368 e. The number of para-hydroxylation sites is 1. The summed E-state index contributed by atoms with van der Waals surface area (Å²) in [5.41, 5.74) is 0.869. The molecule has 0 radical (unpaired) electrons. The molecule has 3 saturated heterocycles. The molecule has 3 aliphatic rings. The maximum Gasteiger partial charge on any atom is 0.277 e. The number of hydrogen-bond donors (Lipinski definition) is 0. The lowest BCUT2D eigenvalue weighted by Crippen LogP contribution is -2.38. The summed E-state index contributed by atoms with van der Waals surface area (Å²) in [5.74, 6) is -0.0235. The number of amides is 1. The van der Waals surface area contributed by atoms with Gasteiger partial charge in [0.25, 0.3) is 5.91 Å². The molecule has 0 unspecified atom stereocenters. The average molecular weight is 366 g/mol. The van der Waals surface area contributed by atoms with Crippen LogP contribution in [-0.4, -0.2) is 55.0 Å². The molecule has 0 spiro atoms. The first-order valence-corrected chi connectivity index (χ1v) is 10.7. The first-order chi connectivity index (χ1) is 11.5. The maximum absolute atomic E-state index is 12.4. The Kier molecular flexibility index (Phi) is 4.14. The molecule has 1 amide bonds. The Morgan fingerprint density at radius 3 is 2.75 bits per heavy atom. The number of nitrogens with zero attached hydrogens (tertiary/aromatic N) is 2. The number of aliphatic imine (C=N–C) groups is 1. The Morgan fingerprint density at radius 1 is 1.25 bits per heavy atom. The second-order valence-corrected chi connectivity index (χ2v) is 9.60. The number of amidine groups is 1. The molecule has 0 bridgehead atoms. The Balaban J connectivity index is 1.67. The Morgan fingerprint density at radius 2 is 2.04 bits per heavy atom. The van der Waals surface area contributed by atoms with E-state index in [9.17, 15) is 13.2 Å². The largest absolute Gasteiger partial charge is 0.368 e. The van der Waals surface area contributed by atoms with Crippen LogP contribution >= 0.6 is 11.8 Å². The summed E-state index contributed by atoms with van der Waals surface area (Å²) in [4.78, 5) is 18.6. The minimum atomic E-state index is -3.04. The molecule has 1 aromatic rings. The lowest BCUT2D eigenvalue weighted by molar-refractivity contribution is -0.126. The van der Waals surface area contributed by atoms with E-state index >= 15 is 0 Å². The summed E-state index contributed by atoms with van der Waals surface area (Å²) in [6.07, 6.45) is 1.12. The fraction of sp³-hybridized carbons (Fsp3) is 0.500. The van der Waals surface area contributed by atoms with Crippen molar-refractivity contribution in [2.75, 3.05) is 23.0 Å². The number of hydrogen-bond acceptors (Lipinski definition) is 5. The third kappa shape index (κ3) is 2.98. The van der Waals surface area contributed by atoms with Gasteiger partial charge >= 0.3 is 0 Å². The predicted molar refractivity (Wildman–Crippen MR) is 94.2 cm³/mol. The molecule has 6 nitrogen and oxygen atoms in total. The second kappa shape index (κ2) is 6.16. The zero-order valence-electron chi connectivity index (χ0n) is 13.0. The van der Waals surface area contributed by atoms with Crippen molar-refractivity contribution in [1.82, 2.24) is 0 Å². The third-order valence-electron chi connectivity index (χ3n) is 4.51. The average Bonchev–Trinajstić information content (AvgIpc) is 3.22. The number of sulfone groups is 1. The standard InChI is InChI=1S/C16H18N2O4S2/c19-15(13-7-4-8-22-13)17-16-18(11-5-2-1-3-6-11)12-9-24(20,21)10-14(12)23-16/h1-3,5-6,12-14H,4,7-10H2/t12-,13-,14-/m1/s1. The van der Waals surface area contributed by atoms with Gasteiger partial charge in [-0.3, -0.25) is 4.79 Å². The highest BCUT2D eigenvalue weighted by atomic mass is 32.2. The molecule has 3 aliphatic heterocycles. The third-order valence-corrected chi connectivity index (χ3v) is 7.72. The highest BCUT2D eigenvalue weighted by Crippen LogP contribution is 2.41. The van der Waals surface area contributed by atoms with Gasteiger partial charge < -0.3 is 9.64 Å². The van der Waals surface area contributed by atoms with Crippen LogP contribution in [0.25, 0.3) is 0 Å². The summed E-state index contributed by atoms with van der Waals surface area (Å²) < 4.78 is 29.4. The molecule has 1 aromatic carbocycles. The number of benzene rings is 1. The number of rotatable bonds is 2. The summed E-state index contributed by atoms with van der Waals surface area (Å²) in [6.45, 7) is 0.598. The minimum absolute atomic E-state index is 0.0775. The predicted octanol–water partition coefficient (Wildman–Crippen LogP) is 1.47. The van der Waals surface area contributed by atoms with E-state index in [4.69, 9.17) is 4.74 Å². The molecule has 0 aromatic heterocycles. The molecule has 4 rings (SSSR count). The van der Waals surface area contributed by atoms with Gasteiger partial charge in [-0.15, -0.1) is 0 Å². The summed E-state index contributed by atoms with van der Waals surface area (Å²) in [6, 6.07) is 9.37. The Hall–Kier alpha value is -1.38. The van der Waals surface area contributed by atoms with Crippen molar-refractivity contribution in [3.8, 4) is 0 Å². The smallest absolute Gasteiger partial charge is 0.277 e. The van der Waals surface area contributed by atoms with Gasteiger partial charge in [0.2, 0.25) is 0 Å². The van der Waals surface area contributed by atoms with Crippen molar-refractivity contribution in [2.45, 2.75) is 30.2 Å². The summed E-state index contributed by atoms with van der Waals surface area (Å²) in [7, 11) is -3.04. The maximum atomic E-state index is 12.4. The summed E-state index contributed by atoms with van der Waals surface area (Å²) in [5, 5.41) is 0.512. The van der Waals surface area contributed by atoms with Gasteiger partial charge in [-0.1, -0.05) is 30.0 Å². The van der Waals surface area contributed by atoms with Crippen LogP contribution in [0, 0.1) is 0 Å². The van der Waals surface area contributed by atoms with E-state index < -0.39 is 15.9 Å². The normalized spacial score (nSPS) is 33.1. The fourth-order valence-electron chi connectivity index (χ4n) is 3.39. The highest BCUT2D eigenvalue weighted by molar-refractivity contribution is 8.16. The van der Waals surface area contributed by atoms with E-state index in [0.29, 0.717) is 18.2 Å². The van der Waals surface area contributed by atoms with E-state index in [1.54, 1.807) is 0 Å². The quantitative estimate of drug-likeness (QED) is 0.789.